The zero-order chi connectivity index (χ0) is 13.1. The van der Waals surface area contributed by atoms with E-state index in [0.29, 0.717) is 18.0 Å². The number of thiazole rings is 1. The highest BCUT2D eigenvalue weighted by Gasteiger charge is 2.27. The van der Waals surface area contributed by atoms with Crippen LogP contribution in [0.15, 0.2) is 11.4 Å². The van der Waals surface area contributed by atoms with Gasteiger partial charge in [-0.3, -0.25) is 4.79 Å². The molecule has 7 heteroatoms. The summed E-state index contributed by atoms with van der Waals surface area (Å²) in [6.07, 6.45) is 3.32. The molecular weight excluding hydrogens is 252 g/mol. The van der Waals surface area contributed by atoms with Crippen molar-refractivity contribution in [3.63, 3.8) is 0 Å². The summed E-state index contributed by atoms with van der Waals surface area (Å²) in [5.41, 5.74) is 5.61. The van der Waals surface area contributed by atoms with Crippen LogP contribution in [0.3, 0.4) is 0 Å². The number of nitrogens with two attached hydrogens (primary N) is 1. The van der Waals surface area contributed by atoms with Crippen LogP contribution in [0.4, 0.5) is 0 Å². The van der Waals surface area contributed by atoms with Crippen LogP contribution >= 0.6 is 11.3 Å². The number of carbonyl (C=O) groups is 1. The second kappa shape index (κ2) is 5.34. The Morgan fingerprint density at radius 3 is 3.11 bits per heavy atom. The molecule has 1 aliphatic heterocycles. The molecule has 0 aliphatic carbocycles. The fourth-order valence-electron chi connectivity index (χ4n) is 2.10. The summed E-state index contributed by atoms with van der Waals surface area (Å²) in [5.74, 6) is 0.130. The van der Waals surface area contributed by atoms with Gasteiger partial charge < -0.3 is 15.8 Å². The normalized spacial score (nSPS) is 21.1. The molecule has 18 heavy (non-hydrogen) atoms. The van der Waals surface area contributed by atoms with Crippen molar-refractivity contribution < 1.29 is 10.0 Å². The number of carbonyl (C=O) groups excluding carboxylic acids is 1. The Morgan fingerprint density at radius 1 is 1.72 bits per heavy atom. The quantitative estimate of drug-likeness (QED) is 0.363. The Kier molecular flexibility index (Phi) is 3.81. The Morgan fingerprint density at radius 2 is 2.50 bits per heavy atom. The Hall–Kier alpha value is -1.63. The summed E-state index contributed by atoms with van der Waals surface area (Å²) in [6, 6.07) is 0. The molecule has 2 heterocycles. The Balaban J connectivity index is 2.07. The van der Waals surface area contributed by atoms with Gasteiger partial charge in [0.25, 0.3) is 5.91 Å². The van der Waals surface area contributed by atoms with Crippen molar-refractivity contribution in [1.82, 2.24) is 9.88 Å². The van der Waals surface area contributed by atoms with Gasteiger partial charge in [0.2, 0.25) is 0 Å². The number of piperidine rings is 1. The zero-order valence-electron chi connectivity index (χ0n) is 10.2. The van der Waals surface area contributed by atoms with E-state index in [4.69, 9.17) is 10.9 Å². The largest absolute Gasteiger partial charge is 0.409 e. The van der Waals surface area contributed by atoms with Gasteiger partial charge in [-0.15, -0.1) is 11.3 Å². The van der Waals surface area contributed by atoms with Crippen LogP contribution in [0.25, 0.3) is 0 Å². The monoisotopic (exact) mass is 268 g/mol. The van der Waals surface area contributed by atoms with E-state index >= 15 is 0 Å². The maximum Gasteiger partial charge on any atom is 0.265 e. The van der Waals surface area contributed by atoms with Crippen LogP contribution in [-0.4, -0.2) is 39.9 Å². The van der Waals surface area contributed by atoms with Gasteiger partial charge >= 0.3 is 0 Å². The molecule has 98 valence electrons. The van der Waals surface area contributed by atoms with E-state index in [1.54, 1.807) is 11.1 Å². The van der Waals surface area contributed by atoms with Crippen molar-refractivity contribution >= 4 is 23.1 Å². The molecule has 0 saturated carbocycles. The summed E-state index contributed by atoms with van der Waals surface area (Å²) in [7, 11) is 0. The predicted molar refractivity (Wildman–Crippen MR) is 68.9 cm³/mol. The molecule has 0 bridgehead atoms. The van der Waals surface area contributed by atoms with E-state index in [9.17, 15) is 4.79 Å². The van der Waals surface area contributed by atoms with Gasteiger partial charge in [-0.2, -0.15) is 0 Å². The van der Waals surface area contributed by atoms with Gasteiger partial charge in [0, 0.05) is 19.0 Å². The van der Waals surface area contributed by atoms with E-state index in [2.05, 4.69) is 10.1 Å². The number of aryl methyl sites for hydroxylation is 1. The number of aromatic nitrogens is 1. The molecule has 0 aromatic carbocycles. The molecule has 1 fully saturated rings. The summed E-state index contributed by atoms with van der Waals surface area (Å²) in [4.78, 5) is 18.7. The van der Waals surface area contributed by atoms with Gasteiger partial charge in [-0.1, -0.05) is 5.16 Å². The molecule has 3 N–H and O–H groups in total. The standard InChI is InChI=1S/C11H16N4O2S/c1-7-13-5-9(18-7)11(16)15-4-2-3-8(6-15)10(12)14-17/h5,8,17H,2-4,6H2,1H3,(H2,12,14). The van der Waals surface area contributed by atoms with Crippen molar-refractivity contribution in [3.05, 3.63) is 16.1 Å². The third-order valence-electron chi connectivity index (χ3n) is 3.07. The molecule has 1 atom stereocenters. The summed E-state index contributed by atoms with van der Waals surface area (Å²) in [6.45, 7) is 3.09. The van der Waals surface area contributed by atoms with Crippen LogP contribution in [0, 0.1) is 12.8 Å². The van der Waals surface area contributed by atoms with Crippen molar-refractivity contribution in [2.24, 2.45) is 16.8 Å². The van der Waals surface area contributed by atoms with Gasteiger partial charge in [-0.05, 0) is 19.8 Å². The molecule has 1 amide bonds. The van der Waals surface area contributed by atoms with Crippen molar-refractivity contribution in [2.45, 2.75) is 19.8 Å². The highest BCUT2D eigenvalue weighted by atomic mass is 32.1. The Bertz CT molecular complexity index is 471. The fraction of sp³-hybridized carbons (Fsp3) is 0.545. The maximum absolute atomic E-state index is 12.2. The molecule has 1 unspecified atom stereocenters. The van der Waals surface area contributed by atoms with Gasteiger partial charge in [0.15, 0.2) is 0 Å². The smallest absolute Gasteiger partial charge is 0.265 e. The molecule has 2 rings (SSSR count). The number of oxime groups is 1. The maximum atomic E-state index is 12.2. The fourth-order valence-corrected chi connectivity index (χ4v) is 2.85. The highest BCUT2D eigenvalue weighted by molar-refractivity contribution is 7.13. The highest BCUT2D eigenvalue weighted by Crippen LogP contribution is 2.21. The number of rotatable bonds is 2. The summed E-state index contributed by atoms with van der Waals surface area (Å²) < 4.78 is 0. The third kappa shape index (κ3) is 2.61. The first-order chi connectivity index (χ1) is 8.61. The lowest BCUT2D eigenvalue weighted by Gasteiger charge is -2.31. The second-order valence-electron chi connectivity index (χ2n) is 4.36. The van der Waals surface area contributed by atoms with E-state index in [0.717, 1.165) is 17.8 Å². The number of likely N-dealkylation sites (tertiary alicyclic amines) is 1. The minimum Gasteiger partial charge on any atom is -0.409 e. The molecular formula is C11H16N4O2S. The summed E-state index contributed by atoms with van der Waals surface area (Å²) in [5, 5.41) is 12.6. The Labute approximate surface area is 109 Å². The third-order valence-corrected chi connectivity index (χ3v) is 3.98. The van der Waals surface area contributed by atoms with Gasteiger partial charge in [0.1, 0.15) is 10.7 Å². The van der Waals surface area contributed by atoms with E-state index in [1.165, 1.54) is 11.3 Å². The average Bonchev–Trinajstić information content (AvgIpc) is 2.83. The number of hydrogen-bond donors (Lipinski definition) is 2. The lowest BCUT2D eigenvalue weighted by atomic mass is 9.97. The average molecular weight is 268 g/mol. The number of amidine groups is 1. The minimum atomic E-state index is -0.0540. The van der Waals surface area contributed by atoms with E-state index < -0.39 is 0 Å². The van der Waals surface area contributed by atoms with E-state index in [-0.39, 0.29) is 17.7 Å². The lowest BCUT2D eigenvalue weighted by Crippen LogP contribution is -2.44. The first-order valence-electron chi connectivity index (χ1n) is 5.81. The topological polar surface area (TPSA) is 91.8 Å². The lowest BCUT2D eigenvalue weighted by molar-refractivity contribution is 0.0706. The van der Waals surface area contributed by atoms with Crippen LogP contribution in [0.1, 0.15) is 27.5 Å². The minimum absolute atomic E-state index is 0.0176. The van der Waals surface area contributed by atoms with Gasteiger partial charge in [-0.25, -0.2) is 4.98 Å². The first-order valence-corrected chi connectivity index (χ1v) is 6.62. The van der Waals surface area contributed by atoms with Crippen molar-refractivity contribution in [1.29, 1.82) is 0 Å². The molecule has 0 radical (unpaired) electrons. The van der Waals surface area contributed by atoms with Crippen LogP contribution in [-0.2, 0) is 0 Å². The van der Waals surface area contributed by atoms with E-state index in [1.807, 2.05) is 6.92 Å². The molecule has 1 aromatic heterocycles. The molecule has 1 aromatic rings. The second-order valence-corrected chi connectivity index (χ2v) is 5.59. The first kappa shape index (κ1) is 12.8. The predicted octanol–water partition coefficient (Wildman–Crippen LogP) is 1.05. The van der Waals surface area contributed by atoms with Crippen molar-refractivity contribution in [3.8, 4) is 0 Å². The molecule has 0 spiro atoms. The van der Waals surface area contributed by atoms with Crippen LogP contribution < -0.4 is 5.73 Å². The SMILES string of the molecule is Cc1ncc(C(=O)N2CCCC(/C(N)=N/O)C2)s1. The van der Waals surface area contributed by atoms with Crippen LogP contribution in [0.5, 0.6) is 0 Å². The number of nitrogens with zero attached hydrogens (tertiary/aromatic N) is 3. The molecule has 1 aliphatic rings. The van der Waals surface area contributed by atoms with Gasteiger partial charge in [0.05, 0.1) is 11.2 Å². The van der Waals surface area contributed by atoms with Crippen LogP contribution in [0.2, 0.25) is 0 Å². The molecule has 1 saturated heterocycles. The molecule has 6 nitrogen and oxygen atoms in total. The number of amides is 1. The summed E-state index contributed by atoms with van der Waals surface area (Å²) >= 11 is 1.39. The van der Waals surface area contributed by atoms with Crippen molar-refractivity contribution in [2.75, 3.05) is 13.1 Å². The number of hydrogen-bond acceptors (Lipinski definition) is 5. The zero-order valence-corrected chi connectivity index (χ0v) is 11.0.